The number of phenolic OH excluding ortho intramolecular Hbond substituents is 3. The summed E-state index contributed by atoms with van der Waals surface area (Å²) in [5, 5.41) is 51.3. The molecule has 26 heavy (non-hydrogen) atoms. The topological polar surface area (TPSA) is 179 Å². The van der Waals surface area contributed by atoms with E-state index in [2.05, 4.69) is 5.32 Å². The summed E-state index contributed by atoms with van der Waals surface area (Å²) in [6.07, 6.45) is -1.18. The first-order valence-electron chi connectivity index (χ1n) is 7.42. The van der Waals surface area contributed by atoms with E-state index in [0.717, 1.165) is 12.1 Å². The van der Waals surface area contributed by atoms with E-state index in [1.54, 1.807) is 0 Å². The van der Waals surface area contributed by atoms with Gasteiger partial charge in [0, 0.05) is 24.2 Å². The van der Waals surface area contributed by atoms with Gasteiger partial charge in [-0.15, -0.1) is 0 Å². The Morgan fingerprint density at radius 2 is 1.69 bits per heavy atom. The molecule has 0 heterocycles. The van der Waals surface area contributed by atoms with Gasteiger partial charge in [-0.3, -0.25) is 14.9 Å². The van der Waals surface area contributed by atoms with Crippen LogP contribution in [0.25, 0.3) is 0 Å². The number of hydrogen-bond donors (Lipinski definition) is 6. The Morgan fingerprint density at radius 3 is 2.19 bits per heavy atom. The van der Waals surface area contributed by atoms with E-state index in [0.29, 0.717) is 5.56 Å². The molecule has 0 aromatic heterocycles. The highest BCUT2D eigenvalue weighted by Gasteiger charge is 2.20. The van der Waals surface area contributed by atoms with Crippen molar-refractivity contribution in [3.63, 3.8) is 0 Å². The number of aliphatic hydroxyl groups is 1. The molecule has 1 amide bonds. The first kappa shape index (κ1) is 19.0. The SMILES string of the molecule is N[C@@H](CNC(=O)c1cc(O)c(O)c(O)c1)[C@@H](O)c1ccc([N+](=O)[O-])cc1. The highest BCUT2D eigenvalue weighted by atomic mass is 16.6. The number of nitrogens with one attached hydrogen (secondary N) is 1. The highest BCUT2D eigenvalue weighted by Crippen LogP contribution is 2.35. The van der Waals surface area contributed by atoms with Crippen molar-refractivity contribution < 1.29 is 30.1 Å². The van der Waals surface area contributed by atoms with Gasteiger partial charge in [0.1, 0.15) is 0 Å². The summed E-state index contributed by atoms with van der Waals surface area (Å²) in [6.45, 7) is -0.153. The van der Waals surface area contributed by atoms with Gasteiger partial charge in [-0.05, 0) is 29.8 Å². The fraction of sp³-hybridized carbons (Fsp3) is 0.188. The minimum absolute atomic E-state index is 0.116. The van der Waals surface area contributed by atoms with Crippen LogP contribution in [0.2, 0.25) is 0 Å². The third-order valence-corrected chi connectivity index (χ3v) is 3.68. The Kier molecular flexibility index (Phi) is 5.60. The molecule has 2 rings (SSSR count). The lowest BCUT2D eigenvalue weighted by Gasteiger charge is -2.19. The van der Waals surface area contributed by atoms with Crippen LogP contribution in [0.1, 0.15) is 22.0 Å². The van der Waals surface area contributed by atoms with Crippen molar-refractivity contribution in [2.75, 3.05) is 6.54 Å². The lowest BCUT2D eigenvalue weighted by Crippen LogP contribution is -2.41. The van der Waals surface area contributed by atoms with Gasteiger partial charge in [0.2, 0.25) is 0 Å². The van der Waals surface area contributed by atoms with Gasteiger partial charge in [0.15, 0.2) is 17.2 Å². The number of rotatable bonds is 6. The van der Waals surface area contributed by atoms with Crippen LogP contribution in [0.3, 0.4) is 0 Å². The van der Waals surface area contributed by atoms with Gasteiger partial charge in [0.05, 0.1) is 17.1 Å². The molecule has 10 heteroatoms. The van der Waals surface area contributed by atoms with Crippen LogP contribution in [0.4, 0.5) is 5.69 Å². The Morgan fingerprint density at radius 1 is 1.15 bits per heavy atom. The number of carbonyl (C=O) groups is 1. The second-order valence-electron chi connectivity index (χ2n) is 5.53. The Labute approximate surface area is 147 Å². The maximum Gasteiger partial charge on any atom is 0.269 e. The molecular weight excluding hydrogens is 346 g/mol. The number of nitro groups is 1. The summed E-state index contributed by atoms with van der Waals surface area (Å²) in [7, 11) is 0. The van der Waals surface area contributed by atoms with Crippen LogP contribution in [0.5, 0.6) is 17.2 Å². The number of benzene rings is 2. The lowest BCUT2D eigenvalue weighted by molar-refractivity contribution is -0.384. The summed E-state index contributed by atoms with van der Waals surface area (Å²) in [5.74, 6) is -2.76. The molecule has 138 valence electrons. The van der Waals surface area contributed by atoms with E-state index in [4.69, 9.17) is 5.73 Å². The fourth-order valence-corrected chi connectivity index (χ4v) is 2.20. The number of aromatic hydroxyl groups is 3. The van der Waals surface area contributed by atoms with Crippen LogP contribution in [0.15, 0.2) is 36.4 Å². The van der Waals surface area contributed by atoms with Crippen molar-refractivity contribution in [2.24, 2.45) is 5.73 Å². The molecule has 0 saturated carbocycles. The molecule has 0 saturated heterocycles. The second-order valence-corrected chi connectivity index (χ2v) is 5.53. The van der Waals surface area contributed by atoms with Gasteiger partial charge in [-0.2, -0.15) is 0 Å². The molecule has 0 aliphatic heterocycles. The first-order valence-corrected chi connectivity index (χ1v) is 7.42. The summed E-state index contributed by atoms with van der Waals surface area (Å²) >= 11 is 0. The maximum atomic E-state index is 12.0. The molecule has 0 aliphatic rings. The van der Waals surface area contributed by atoms with Crippen LogP contribution in [-0.2, 0) is 0 Å². The Hall–Kier alpha value is -3.37. The van der Waals surface area contributed by atoms with Gasteiger partial charge in [-0.1, -0.05) is 0 Å². The molecule has 2 aromatic rings. The number of phenols is 3. The van der Waals surface area contributed by atoms with Gasteiger partial charge < -0.3 is 31.5 Å². The predicted molar refractivity (Wildman–Crippen MR) is 89.8 cm³/mol. The minimum atomic E-state index is -1.18. The van der Waals surface area contributed by atoms with Crippen LogP contribution < -0.4 is 11.1 Å². The Bertz CT molecular complexity index is 800. The number of non-ortho nitro benzene ring substituents is 1. The molecule has 0 spiro atoms. The zero-order valence-electron chi connectivity index (χ0n) is 13.4. The summed E-state index contributed by atoms with van der Waals surface area (Å²) in [4.78, 5) is 22.1. The van der Waals surface area contributed by atoms with E-state index in [1.807, 2.05) is 0 Å². The number of nitrogens with zero attached hydrogens (tertiary/aromatic N) is 1. The molecule has 0 bridgehead atoms. The first-order chi connectivity index (χ1) is 12.2. The number of aliphatic hydroxyl groups excluding tert-OH is 1. The molecule has 0 radical (unpaired) electrons. The second kappa shape index (κ2) is 7.68. The van der Waals surface area contributed by atoms with Gasteiger partial charge in [-0.25, -0.2) is 0 Å². The smallest absolute Gasteiger partial charge is 0.269 e. The van der Waals surface area contributed by atoms with Crippen molar-refractivity contribution in [1.82, 2.24) is 5.32 Å². The summed E-state index contributed by atoms with van der Waals surface area (Å²) in [5.41, 5.74) is 5.92. The monoisotopic (exact) mass is 363 g/mol. The quantitative estimate of drug-likeness (QED) is 0.244. The van der Waals surface area contributed by atoms with E-state index in [9.17, 15) is 35.3 Å². The molecule has 0 aliphatic carbocycles. The fourth-order valence-electron chi connectivity index (χ4n) is 2.20. The molecule has 0 unspecified atom stereocenters. The van der Waals surface area contributed by atoms with Gasteiger partial charge in [0.25, 0.3) is 11.6 Å². The van der Waals surface area contributed by atoms with Crippen molar-refractivity contribution >= 4 is 11.6 Å². The number of nitro benzene ring substituents is 1. The standard InChI is InChI=1S/C16H17N3O7/c17-11(14(22)8-1-3-10(4-2-8)19(25)26)7-18-16(24)9-5-12(20)15(23)13(21)6-9/h1-6,11,14,20-23H,7,17H2,(H,18,24)/t11-,14-/m0/s1. The van der Waals surface area contributed by atoms with Crippen LogP contribution in [-0.4, -0.2) is 43.8 Å². The zero-order valence-corrected chi connectivity index (χ0v) is 13.4. The van der Waals surface area contributed by atoms with Crippen molar-refractivity contribution in [3.8, 4) is 17.2 Å². The molecule has 2 aromatic carbocycles. The molecular formula is C16H17N3O7. The number of nitrogens with two attached hydrogens (primary N) is 1. The van der Waals surface area contributed by atoms with E-state index in [1.165, 1.54) is 24.3 Å². The van der Waals surface area contributed by atoms with E-state index >= 15 is 0 Å². The van der Waals surface area contributed by atoms with Crippen LogP contribution in [0, 0.1) is 10.1 Å². The number of amides is 1. The molecule has 7 N–H and O–H groups in total. The van der Waals surface area contributed by atoms with Crippen molar-refractivity contribution in [2.45, 2.75) is 12.1 Å². The molecule has 2 atom stereocenters. The van der Waals surface area contributed by atoms with Gasteiger partial charge >= 0.3 is 0 Å². The average molecular weight is 363 g/mol. The third kappa shape index (κ3) is 4.18. The average Bonchev–Trinajstić information content (AvgIpc) is 2.62. The van der Waals surface area contributed by atoms with Crippen molar-refractivity contribution in [3.05, 3.63) is 57.6 Å². The molecule has 10 nitrogen and oxygen atoms in total. The number of carbonyl (C=O) groups excluding carboxylic acids is 1. The Balaban J connectivity index is 1.99. The van der Waals surface area contributed by atoms with Crippen molar-refractivity contribution in [1.29, 1.82) is 0 Å². The normalized spacial score (nSPS) is 13.0. The summed E-state index contributed by atoms with van der Waals surface area (Å²) in [6, 6.07) is 6.18. The predicted octanol–water partition coefficient (Wildman–Crippen LogP) is 0.502. The maximum absolute atomic E-state index is 12.0. The lowest BCUT2D eigenvalue weighted by atomic mass is 10.0. The van der Waals surface area contributed by atoms with E-state index in [-0.39, 0.29) is 17.8 Å². The number of hydrogen-bond acceptors (Lipinski definition) is 8. The highest BCUT2D eigenvalue weighted by molar-refractivity contribution is 5.95. The van der Waals surface area contributed by atoms with Crippen LogP contribution >= 0.6 is 0 Å². The van der Waals surface area contributed by atoms with E-state index < -0.39 is 40.2 Å². The zero-order chi connectivity index (χ0) is 19.4. The summed E-state index contributed by atoms with van der Waals surface area (Å²) < 4.78 is 0. The molecule has 0 fully saturated rings. The third-order valence-electron chi connectivity index (χ3n) is 3.68. The largest absolute Gasteiger partial charge is 0.504 e. The minimum Gasteiger partial charge on any atom is -0.504 e.